The van der Waals surface area contributed by atoms with E-state index in [1.165, 1.54) is 0 Å². The molecule has 2 heterocycles. The van der Waals surface area contributed by atoms with Gasteiger partial charge in [-0.05, 0) is 42.7 Å². The van der Waals surface area contributed by atoms with Crippen molar-refractivity contribution in [3.8, 4) is 6.07 Å². The smallest absolute Gasteiger partial charge is 0.161 e. The predicted molar refractivity (Wildman–Crippen MR) is 126 cm³/mol. The summed E-state index contributed by atoms with van der Waals surface area (Å²) >= 11 is 6.14. The minimum absolute atomic E-state index is 0.0747. The second-order valence-corrected chi connectivity index (χ2v) is 8.36. The van der Waals surface area contributed by atoms with Crippen molar-refractivity contribution in [2.24, 2.45) is 0 Å². The number of pyridine rings is 1. The molecule has 7 heteroatoms. The van der Waals surface area contributed by atoms with E-state index in [2.05, 4.69) is 11.1 Å². The lowest BCUT2D eigenvalue weighted by Gasteiger charge is -2.41. The van der Waals surface area contributed by atoms with Crippen molar-refractivity contribution >= 4 is 40.4 Å². The largest absolute Gasteiger partial charge is 0.397 e. The summed E-state index contributed by atoms with van der Waals surface area (Å²) in [5, 5.41) is 10.3. The van der Waals surface area contributed by atoms with E-state index in [0.29, 0.717) is 28.4 Å². The molecule has 5 rings (SSSR count). The first kappa shape index (κ1) is 20.1. The maximum Gasteiger partial charge on any atom is 0.161 e. The lowest BCUT2D eigenvalue weighted by atomic mass is 9.74. The van der Waals surface area contributed by atoms with Gasteiger partial charge in [0.2, 0.25) is 0 Å². The topological polar surface area (TPSA) is 109 Å². The molecular formula is C25H20ClN5O. The molecule has 1 aliphatic heterocycles. The first-order valence-electron chi connectivity index (χ1n) is 10.4. The van der Waals surface area contributed by atoms with E-state index in [0.717, 1.165) is 29.8 Å². The molecule has 0 radical (unpaired) electrons. The number of nitrogens with two attached hydrogens (primary N) is 2. The third kappa shape index (κ3) is 3.02. The fraction of sp³-hybridized carbons (Fsp3) is 0.160. The highest BCUT2D eigenvalue weighted by molar-refractivity contribution is 6.30. The Balaban J connectivity index is 1.89. The normalized spacial score (nSPS) is 17.6. The number of fused-ring (bicyclic) bond motifs is 1. The van der Waals surface area contributed by atoms with Crippen molar-refractivity contribution in [3.05, 3.63) is 87.6 Å². The summed E-state index contributed by atoms with van der Waals surface area (Å²) < 4.78 is 0. The van der Waals surface area contributed by atoms with E-state index < -0.39 is 5.92 Å². The molecule has 1 atom stereocenters. The molecule has 4 N–H and O–H groups in total. The molecule has 1 aromatic heterocycles. The summed E-state index contributed by atoms with van der Waals surface area (Å²) in [7, 11) is 0. The van der Waals surface area contributed by atoms with Crippen LogP contribution in [0.5, 0.6) is 0 Å². The Hall–Kier alpha value is -3.82. The Morgan fingerprint density at radius 1 is 1.06 bits per heavy atom. The van der Waals surface area contributed by atoms with E-state index in [1.807, 2.05) is 47.4 Å². The van der Waals surface area contributed by atoms with Gasteiger partial charge in [0, 0.05) is 39.9 Å². The molecule has 158 valence electrons. The van der Waals surface area contributed by atoms with Crippen molar-refractivity contribution in [2.45, 2.75) is 25.2 Å². The number of rotatable bonds is 2. The van der Waals surface area contributed by atoms with Gasteiger partial charge in [0.25, 0.3) is 0 Å². The van der Waals surface area contributed by atoms with E-state index in [1.54, 1.807) is 12.1 Å². The summed E-state index contributed by atoms with van der Waals surface area (Å²) in [5.41, 5.74) is 17.0. The maximum atomic E-state index is 13.3. The summed E-state index contributed by atoms with van der Waals surface area (Å²) in [5.74, 6) is 0.252. The Kier molecular flexibility index (Phi) is 4.84. The number of para-hydroxylation sites is 1. The molecular weight excluding hydrogens is 422 g/mol. The van der Waals surface area contributed by atoms with Crippen molar-refractivity contribution in [1.29, 1.82) is 5.26 Å². The standard InChI is InChI=1S/C25H20ClN5O/c26-15-11-9-14(10-12-15)20-21-18(7-4-8-19(21)32)31(16-5-2-1-3-6-16)25-22(20)23(28)17(13-27)24(29)30-25/h1-3,5-6,9-12,20H,4,7-8H2,(H4,28,29,30). The summed E-state index contributed by atoms with van der Waals surface area (Å²) in [6.45, 7) is 0. The number of anilines is 4. The zero-order valence-corrected chi connectivity index (χ0v) is 17.9. The van der Waals surface area contributed by atoms with Gasteiger partial charge in [0.15, 0.2) is 5.78 Å². The van der Waals surface area contributed by atoms with Crippen molar-refractivity contribution in [3.63, 3.8) is 0 Å². The van der Waals surface area contributed by atoms with Crippen molar-refractivity contribution in [1.82, 2.24) is 4.98 Å². The third-order valence-corrected chi connectivity index (χ3v) is 6.35. The average molecular weight is 442 g/mol. The van der Waals surface area contributed by atoms with E-state index >= 15 is 0 Å². The second-order valence-electron chi connectivity index (χ2n) is 7.93. The molecule has 3 aromatic rings. The molecule has 2 aromatic carbocycles. The molecule has 1 unspecified atom stereocenters. The van der Waals surface area contributed by atoms with Gasteiger partial charge in [0.05, 0.1) is 5.69 Å². The van der Waals surface area contributed by atoms with Gasteiger partial charge >= 0.3 is 0 Å². The molecule has 0 spiro atoms. The number of allylic oxidation sites excluding steroid dienone is 2. The Morgan fingerprint density at radius 2 is 1.78 bits per heavy atom. The fourth-order valence-electron chi connectivity index (χ4n) is 4.72. The van der Waals surface area contributed by atoms with Gasteiger partial charge in [-0.2, -0.15) is 5.26 Å². The van der Waals surface area contributed by atoms with Crippen LogP contribution in [0, 0.1) is 11.3 Å². The van der Waals surface area contributed by atoms with Gasteiger partial charge < -0.3 is 11.5 Å². The van der Waals surface area contributed by atoms with Gasteiger partial charge in [-0.1, -0.05) is 41.9 Å². The minimum Gasteiger partial charge on any atom is -0.397 e. The molecule has 0 amide bonds. The van der Waals surface area contributed by atoms with Crippen LogP contribution in [-0.2, 0) is 4.79 Å². The number of benzene rings is 2. The monoisotopic (exact) mass is 441 g/mol. The highest BCUT2D eigenvalue weighted by atomic mass is 35.5. The molecule has 2 aliphatic rings. The molecule has 0 saturated heterocycles. The highest BCUT2D eigenvalue weighted by Crippen LogP contribution is 2.52. The number of carbonyl (C=O) groups excluding carboxylic acids is 1. The summed E-state index contributed by atoms with van der Waals surface area (Å²) in [4.78, 5) is 20.0. The summed E-state index contributed by atoms with van der Waals surface area (Å²) in [6, 6.07) is 19.2. The van der Waals surface area contributed by atoms with Crippen LogP contribution in [0.25, 0.3) is 0 Å². The Labute approximate surface area is 190 Å². The van der Waals surface area contributed by atoms with Crippen molar-refractivity contribution in [2.75, 3.05) is 16.4 Å². The van der Waals surface area contributed by atoms with Crippen LogP contribution in [0.3, 0.4) is 0 Å². The predicted octanol–water partition coefficient (Wildman–Crippen LogP) is 5.06. The first-order chi connectivity index (χ1) is 15.5. The lowest BCUT2D eigenvalue weighted by molar-refractivity contribution is -0.116. The number of nitriles is 1. The number of carbonyl (C=O) groups is 1. The number of aromatic nitrogens is 1. The number of hydrogen-bond acceptors (Lipinski definition) is 6. The van der Waals surface area contributed by atoms with Crippen LogP contribution in [0.15, 0.2) is 65.9 Å². The fourth-order valence-corrected chi connectivity index (χ4v) is 4.84. The SMILES string of the molecule is N#Cc1c(N)nc2c(c1N)C(c1ccc(Cl)cc1)C1=C(CCCC1=O)N2c1ccccc1. The van der Waals surface area contributed by atoms with Gasteiger partial charge in [-0.25, -0.2) is 4.98 Å². The van der Waals surface area contributed by atoms with Crippen LogP contribution in [-0.4, -0.2) is 10.8 Å². The van der Waals surface area contributed by atoms with E-state index in [-0.39, 0.29) is 22.9 Å². The number of hydrogen-bond donors (Lipinski definition) is 2. The number of nitrogen functional groups attached to an aromatic ring is 2. The third-order valence-electron chi connectivity index (χ3n) is 6.10. The number of halogens is 1. The summed E-state index contributed by atoms with van der Waals surface area (Å²) in [6.07, 6.45) is 1.94. The molecule has 1 aliphatic carbocycles. The number of Topliss-reactive ketones (excluding diaryl/α,β-unsaturated/α-hetero) is 1. The zero-order chi connectivity index (χ0) is 22.4. The molecule has 32 heavy (non-hydrogen) atoms. The quantitative estimate of drug-likeness (QED) is 0.575. The van der Waals surface area contributed by atoms with Gasteiger partial charge in [0.1, 0.15) is 23.3 Å². The zero-order valence-electron chi connectivity index (χ0n) is 17.2. The maximum absolute atomic E-state index is 13.3. The van der Waals surface area contributed by atoms with Crippen LogP contribution in [0.2, 0.25) is 5.02 Å². The molecule has 0 bridgehead atoms. The van der Waals surface area contributed by atoms with Gasteiger partial charge in [-0.15, -0.1) is 0 Å². The number of nitrogens with zero attached hydrogens (tertiary/aromatic N) is 3. The van der Waals surface area contributed by atoms with E-state index in [4.69, 9.17) is 23.1 Å². The van der Waals surface area contributed by atoms with Crippen molar-refractivity contribution < 1.29 is 4.79 Å². The van der Waals surface area contributed by atoms with Gasteiger partial charge in [-0.3, -0.25) is 9.69 Å². The molecule has 0 fully saturated rings. The number of ketones is 1. The first-order valence-corrected chi connectivity index (χ1v) is 10.7. The second kappa shape index (κ2) is 7.70. The lowest BCUT2D eigenvalue weighted by Crippen LogP contribution is -2.34. The molecule has 6 nitrogen and oxygen atoms in total. The van der Waals surface area contributed by atoms with Crippen LogP contribution < -0.4 is 16.4 Å². The Bertz CT molecular complexity index is 1310. The Morgan fingerprint density at radius 3 is 2.47 bits per heavy atom. The minimum atomic E-state index is -0.453. The van der Waals surface area contributed by atoms with Crippen LogP contribution in [0.1, 0.15) is 41.9 Å². The van der Waals surface area contributed by atoms with E-state index in [9.17, 15) is 10.1 Å². The highest BCUT2D eigenvalue weighted by Gasteiger charge is 2.42. The van der Waals surface area contributed by atoms with Crippen LogP contribution >= 0.6 is 11.6 Å². The van der Waals surface area contributed by atoms with Crippen LogP contribution in [0.4, 0.5) is 23.0 Å². The molecule has 0 saturated carbocycles. The average Bonchev–Trinajstić information content (AvgIpc) is 2.79.